The van der Waals surface area contributed by atoms with Crippen molar-refractivity contribution in [1.82, 2.24) is 4.57 Å². The van der Waals surface area contributed by atoms with E-state index in [1.807, 2.05) is 19.9 Å². The van der Waals surface area contributed by atoms with Gasteiger partial charge in [-0.1, -0.05) is 6.08 Å². The van der Waals surface area contributed by atoms with Crippen molar-refractivity contribution in [2.45, 2.75) is 27.3 Å². The Kier molecular flexibility index (Phi) is 4.35. The molecule has 0 aliphatic rings. The summed E-state index contributed by atoms with van der Waals surface area (Å²) in [5, 5.41) is 10.8. The van der Waals surface area contributed by atoms with Gasteiger partial charge in [-0.2, -0.15) is 0 Å². The molecule has 0 unspecified atom stereocenters. The largest absolute Gasteiger partial charge is 0.506 e. The number of benzene rings is 1. The van der Waals surface area contributed by atoms with E-state index in [0.29, 0.717) is 10.9 Å². The van der Waals surface area contributed by atoms with Crippen LogP contribution in [0.1, 0.15) is 28.4 Å². The molecule has 0 aliphatic heterocycles. The number of aryl methyl sites for hydroxylation is 2. The van der Waals surface area contributed by atoms with E-state index in [1.165, 1.54) is 4.57 Å². The number of hydrogen-bond donors (Lipinski definition) is 1. The number of allylic oxidation sites excluding steroid dienone is 1. The average molecular weight is 301 g/mol. The van der Waals surface area contributed by atoms with Crippen LogP contribution >= 0.6 is 0 Å². The molecule has 2 aromatic rings. The molecule has 0 saturated carbocycles. The zero-order valence-corrected chi connectivity index (χ0v) is 13.0. The normalized spacial score (nSPS) is 10.7. The van der Waals surface area contributed by atoms with Crippen LogP contribution in [-0.2, 0) is 11.3 Å². The molecule has 0 spiro atoms. The van der Waals surface area contributed by atoms with Crippen LogP contribution in [0.4, 0.5) is 0 Å². The first-order chi connectivity index (χ1) is 10.4. The Hall–Kier alpha value is -2.56. The fourth-order valence-electron chi connectivity index (χ4n) is 2.39. The summed E-state index contributed by atoms with van der Waals surface area (Å²) in [7, 11) is 0. The molecule has 5 heteroatoms. The van der Waals surface area contributed by atoms with Crippen molar-refractivity contribution in [2.24, 2.45) is 0 Å². The van der Waals surface area contributed by atoms with Crippen molar-refractivity contribution in [3.05, 3.63) is 51.8 Å². The van der Waals surface area contributed by atoms with Crippen molar-refractivity contribution in [1.29, 1.82) is 0 Å². The molecule has 0 aliphatic carbocycles. The van der Waals surface area contributed by atoms with E-state index in [9.17, 15) is 14.7 Å². The molecule has 0 fully saturated rings. The third-order valence-corrected chi connectivity index (χ3v) is 3.64. The highest BCUT2D eigenvalue weighted by Gasteiger charge is 2.23. The minimum atomic E-state index is -0.817. The van der Waals surface area contributed by atoms with Crippen molar-refractivity contribution >= 4 is 16.9 Å². The van der Waals surface area contributed by atoms with Gasteiger partial charge in [0.05, 0.1) is 12.1 Å². The SMILES string of the molecule is C=CCn1c(=O)c(C(=O)OCC)c(O)c2cc(C)c(C)cc21. The van der Waals surface area contributed by atoms with Gasteiger partial charge in [-0.05, 0) is 44.0 Å². The van der Waals surface area contributed by atoms with Gasteiger partial charge in [0.2, 0.25) is 0 Å². The maximum atomic E-state index is 12.6. The highest BCUT2D eigenvalue weighted by atomic mass is 16.5. The average Bonchev–Trinajstić information content (AvgIpc) is 2.46. The van der Waals surface area contributed by atoms with Crippen molar-refractivity contribution < 1.29 is 14.6 Å². The molecule has 1 aromatic carbocycles. The minimum absolute atomic E-state index is 0.129. The van der Waals surface area contributed by atoms with Gasteiger partial charge in [-0.15, -0.1) is 6.58 Å². The van der Waals surface area contributed by atoms with Gasteiger partial charge >= 0.3 is 5.97 Å². The number of fused-ring (bicyclic) bond motifs is 1. The van der Waals surface area contributed by atoms with Gasteiger partial charge in [0.1, 0.15) is 5.75 Å². The topological polar surface area (TPSA) is 68.5 Å². The lowest BCUT2D eigenvalue weighted by atomic mass is 10.0. The monoisotopic (exact) mass is 301 g/mol. The third kappa shape index (κ3) is 2.50. The van der Waals surface area contributed by atoms with E-state index < -0.39 is 11.5 Å². The first kappa shape index (κ1) is 15.8. The number of nitrogens with zero attached hydrogens (tertiary/aromatic N) is 1. The second-order valence-electron chi connectivity index (χ2n) is 5.10. The zero-order chi connectivity index (χ0) is 16.4. The number of aromatic hydroxyl groups is 1. The van der Waals surface area contributed by atoms with E-state index in [0.717, 1.165) is 11.1 Å². The molecule has 1 N–H and O–H groups in total. The van der Waals surface area contributed by atoms with Crippen molar-refractivity contribution in [2.75, 3.05) is 6.61 Å². The summed E-state index contributed by atoms with van der Waals surface area (Å²) in [6.45, 7) is 9.48. The molecule has 0 atom stereocenters. The number of hydrogen-bond acceptors (Lipinski definition) is 4. The van der Waals surface area contributed by atoms with E-state index >= 15 is 0 Å². The standard InChI is InChI=1S/C17H19NO4/c1-5-7-18-13-9-11(4)10(3)8-12(13)15(19)14(16(18)20)17(21)22-6-2/h5,8-9,19H,1,6-7H2,2-4H3. The van der Waals surface area contributed by atoms with Gasteiger partial charge in [0.15, 0.2) is 5.56 Å². The lowest BCUT2D eigenvalue weighted by molar-refractivity contribution is 0.0520. The van der Waals surface area contributed by atoms with Gasteiger partial charge in [0, 0.05) is 11.9 Å². The fraction of sp³-hybridized carbons (Fsp3) is 0.294. The second kappa shape index (κ2) is 6.05. The minimum Gasteiger partial charge on any atom is -0.506 e. The molecular weight excluding hydrogens is 282 g/mol. The number of aromatic nitrogens is 1. The van der Waals surface area contributed by atoms with Crippen LogP contribution in [-0.4, -0.2) is 22.2 Å². The van der Waals surface area contributed by atoms with Crippen molar-refractivity contribution in [3.63, 3.8) is 0 Å². The van der Waals surface area contributed by atoms with Gasteiger partial charge in [-0.3, -0.25) is 4.79 Å². The summed E-state index contributed by atoms with van der Waals surface area (Å²) in [6, 6.07) is 3.59. The Balaban J connectivity index is 2.94. The lowest BCUT2D eigenvalue weighted by Crippen LogP contribution is -2.27. The van der Waals surface area contributed by atoms with Crippen LogP contribution in [0.3, 0.4) is 0 Å². The van der Waals surface area contributed by atoms with Gasteiger partial charge in [0.25, 0.3) is 5.56 Å². The number of carbonyl (C=O) groups excluding carboxylic acids is 1. The molecule has 0 bridgehead atoms. The lowest BCUT2D eigenvalue weighted by Gasteiger charge is -2.15. The quantitative estimate of drug-likeness (QED) is 0.696. The Bertz CT molecular complexity index is 818. The molecule has 0 radical (unpaired) electrons. The molecular formula is C17H19NO4. The first-order valence-corrected chi connectivity index (χ1v) is 7.07. The highest BCUT2D eigenvalue weighted by Crippen LogP contribution is 2.29. The maximum absolute atomic E-state index is 12.6. The van der Waals surface area contributed by atoms with E-state index in [2.05, 4.69) is 6.58 Å². The van der Waals surface area contributed by atoms with E-state index in [4.69, 9.17) is 4.74 Å². The Morgan fingerprint density at radius 1 is 1.36 bits per heavy atom. The van der Waals surface area contributed by atoms with Crippen LogP contribution in [0, 0.1) is 13.8 Å². The number of esters is 1. The van der Waals surface area contributed by atoms with E-state index in [-0.39, 0.29) is 24.5 Å². The number of carbonyl (C=O) groups is 1. The fourth-order valence-corrected chi connectivity index (χ4v) is 2.39. The Morgan fingerprint density at radius 3 is 2.59 bits per heavy atom. The first-order valence-electron chi connectivity index (χ1n) is 7.07. The third-order valence-electron chi connectivity index (χ3n) is 3.64. The van der Waals surface area contributed by atoms with E-state index in [1.54, 1.807) is 19.1 Å². The molecule has 5 nitrogen and oxygen atoms in total. The second-order valence-corrected chi connectivity index (χ2v) is 5.10. The molecule has 0 saturated heterocycles. The van der Waals surface area contributed by atoms with Crippen LogP contribution in [0.2, 0.25) is 0 Å². The predicted octanol–water partition coefficient (Wildman–Crippen LogP) is 2.69. The molecule has 22 heavy (non-hydrogen) atoms. The summed E-state index contributed by atoms with van der Waals surface area (Å²) in [6.07, 6.45) is 1.57. The zero-order valence-electron chi connectivity index (χ0n) is 13.0. The molecule has 0 amide bonds. The van der Waals surface area contributed by atoms with Gasteiger partial charge in [-0.25, -0.2) is 4.79 Å². The smallest absolute Gasteiger partial charge is 0.347 e. The summed E-state index contributed by atoms with van der Waals surface area (Å²) in [4.78, 5) is 24.6. The number of ether oxygens (including phenoxy) is 1. The number of pyridine rings is 1. The van der Waals surface area contributed by atoms with Crippen LogP contribution in [0.25, 0.3) is 10.9 Å². The summed E-state index contributed by atoms with van der Waals surface area (Å²) >= 11 is 0. The Morgan fingerprint density at radius 2 is 2.00 bits per heavy atom. The van der Waals surface area contributed by atoms with Crippen LogP contribution < -0.4 is 5.56 Å². The predicted molar refractivity (Wildman–Crippen MR) is 85.5 cm³/mol. The highest BCUT2D eigenvalue weighted by molar-refractivity contribution is 6.00. The summed E-state index contributed by atoms with van der Waals surface area (Å²) in [5.74, 6) is -1.15. The van der Waals surface area contributed by atoms with Crippen LogP contribution in [0.15, 0.2) is 29.6 Å². The summed E-state index contributed by atoms with van der Waals surface area (Å²) in [5.41, 5.74) is 1.61. The van der Waals surface area contributed by atoms with Crippen molar-refractivity contribution in [3.8, 4) is 5.75 Å². The van der Waals surface area contributed by atoms with Gasteiger partial charge < -0.3 is 14.4 Å². The molecule has 1 aromatic heterocycles. The molecule has 2 rings (SSSR count). The number of rotatable bonds is 4. The summed E-state index contributed by atoms with van der Waals surface area (Å²) < 4.78 is 6.30. The Labute approximate surface area is 128 Å². The molecule has 116 valence electrons. The maximum Gasteiger partial charge on any atom is 0.347 e. The van der Waals surface area contributed by atoms with Crippen LogP contribution in [0.5, 0.6) is 5.75 Å². The molecule has 1 heterocycles.